The van der Waals surface area contributed by atoms with Gasteiger partial charge in [0.05, 0.1) is 35.6 Å². The molecule has 1 aliphatic carbocycles. The highest BCUT2D eigenvalue weighted by Crippen LogP contribution is 2.28. The molecule has 4 rings (SSSR count). The molecule has 140 valence electrons. The molecule has 0 saturated carbocycles. The number of furan rings is 1. The molecule has 0 N–H and O–H groups in total. The first-order chi connectivity index (χ1) is 13.0. The fourth-order valence-corrected chi connectivity index (χ4v) is 3.90. The summed E-state index contributed by atoms with van der Waals surface area (Å²) in [6, 6.07) is 7.78. The third kappa shape index (κ3) is 3.37. The van der Waals surface area contributed by atoms with Gasteiger partial charge in [-0.05, 0) is 49.1 Å². The third-order valence-electron chi connectivity index (χ3n) is 4.93. The Bertz CT molecular complexity index is 961. The SMILES string of the molecule is Cn1nc(CN(Cc2ccco2)C(=O)c2c(F)cccc2Cl)c2c1CCC2. The van der Waals surface area contributed by atoms with E-state index in [1.165, 1.54) is 34.4 Å². The lowest BCUT2D eigenvalue weighted by Crippen LogP contribution is -2.31. The van der Waals surface area contributed by atoms with Crippen LogP contribution in [0.1, 0.15) is 39.5 Å². The van der Waals surface area contributed by atoms with Crippen LogP contribution < -0.4 is 0 Å². The van der Waals surface area contributed by atoms with Crippen LogP contribution in [0.2, 0.25) is 5.02 Å². The van der Waals surface area contributed by atoms with Crippen molar-refractivity contribution in [1.82, 2.24) is 14.7 Å². The highest BCUT2D eigenvalue weighted by atomic mass is 35.5. The van der Waals surface area contributed by atoms with Crippen molar-refractivity contribution >= 4 is 17.5 Å². The molecule has 0 spiro atoms. The van der Waals surface area contributed by atoms with Gasteiger partial charge >= 0.3 is 0 Å². The molecule has 5 nitrogen and oxygen atoms in total. The summed E-state index contributed by atoms with van der Waals surface area (Å²) in [4.78, 5) is 14.7. The summed E-state index contributed by atoms with van der Waals surface area (Å²) < 4.78 is 21.6. The number of aromatic nitrogens is 2. The highest BCUT2D eigenvalue weighted by molar-refractivity contribution is 6.33. The number of hydrogen-bond acceptors (Lipinski definition) is 3. The van der Waals surface area contributed by atoms with E-state index in [0.29, 0.717) is 5.76 Å². The van der Waals surface area contributed by atoms with E-state index >= 15 is 0 Å². The maximum atomic E-state index is 14.3. The lowest BCUT2D eigenvalue weighted by atomic mass is 10.1. The molecule has 0 radical (unpaired) electrons. The van der Waals surface area contributed by atoms with Crippen LogP contribution in [-0.4, -0.2) is 20.6 Å². The van der Waals surface area contributed by atoms with Crippen molar-refractivity contribution in [3.63, 3.8) is 0 Å². The van der Waals surface area contributed by atoms with Crippen molar-refractivity contribution < 1.29 is 13.6 Å². The molecule has 0 unspecified atom stereocenters. The molecule has 2 heterocycles. The Labute approximate surface area is 161 Å². The van der Waals surface area contributed by atoms with Crippen LogP contribution in [0.25, 0.3) is 0 Å². The average Bonchev–Trinajstić information content (AvgIpc) is 3.35. The molecule has 0 aliphatic heterocycles. The first kappa shape index (κ1) is 17.8. The van der Waals surface area contributed by atoms with Crippen LogP contribution in [-0.2, 0) is 33.0 Å². The van der Waals surface area contributed by atoms with Gasteiger partial charge in [0.2, 0.25) is 0 Å². The van der Waals surface area contributed by atoms with Gasteiger partial charge in [0.15, 0.2) is 0 Å². The summed E-state index contributed by atoms with van der Waals surface area (Å²) in [6.07, 6.45) is 4.57. The van der Waals surface area contributed by atoms with Crippen LogP contribution in [0.4, 0.5) is 4.39 Å². The second kappa shape index (κ2) is 7.19. The molecule has 3 aromatic rings. The zero-order valence-electron chi connectivity index (χ0n) is 14.9. The summed E-state index contributed by atoms with van der Waals surface area (Å²) >= 11 is 6.12. The van der Waals surface area contributed by atoms with Crippen LogP contribution in [0.3, 0.4) is 0 Å². The number of nitrogens with zero attached hydrogens (tertiary/aromatic N) is 3. The van der Waals surface area contributed by atoms with Crippen molar-refractivity contribution in [3.05, 3.63) is 75.7 Å². The summed E-state index contributed by atoms with van der Waals surface area (Å²) in [5.74, 6) is -0.501. The quantitative estimate of drug-likeness (QED) is 0.661. The van der Waals surface area contributed by atoms with Crippen LogP contribution in [0.5, 0.6) is 0 Å². The number of fused-ring (bicyclic) bond motifs is 1. The molecule has 0 fully saturated rings. The molecule has 0 saturated heterocycles. The van der Waals surface area contributed by atoms with E-state index in [0.717, 1.165) is 25.0 Å². The topological polar surface area (TPSA) is 51.3 Å². The Morgan fingerprint density at radius 2 is 2.15 bits per heavy atom. The van der Waals surface area contributed by atoms with Gasteiger partial charge in [-0.3, -0.25) is 9.48 Å². The van der Waals surface area contributed by atoms with Crippen LogP contribution >= 0.6 is 11.6 Å². The van der Waals surface area contributed by atoms with Gasteiger partial charge in [-0.1, -0.05) is 17.7 Å². The molecule has 27 heavy (non-hydrogen) atoms. The zero-order chi connectivity index (χ0) is 19.0. The first-order valence-corrected chi connectivity index (χ1v) is 9.21. The summed E-state index contributed by atoms with van der Waals surface area (Å²) in [5.41, 5.74) is 3.12. The number of halogens is 2. The number of benzene rings is 1. The highest BCUT2D eigenvalue weighted by Gasteiger charge is 2.27. The number of rotatable bonds is 5. The molecule has 0 atom stereocenters. The largest absolute Gasteiger partial charge is 0.467 e. The maximum Gasteiger partial charge on any atom is 0.259 e. The molecule has 1 aliphatic rings. The van der Waals surface area contributed by atoms with Crippen molar-refractivity contribution in [2.75, 3.05) is 0 Å². The molecule has 7 heteroatoms. The van der Waals surface area contributed by atoms with E-state index in [1.54, 1.807) is 18.4 Å². The Morgan fingerprint density at radius 1 is 1.30 bits per heavy atom. The van der Waals surface area contributed by atoms with Crippen LogP contribution in [0, 0.1) is 5.82 Å². The molecule has 1 aromatic carbocycles. The Hall–Kier alpha value is -2.60. The first-order valence-electron chi connectivity index (χ1n) is 8.84. The zero-order valence-corrected chi connectivity index (χ0v) is 15.7. The lowest BCUT2D eigenvalue weighted by molar-refractivity contribution is 0.0710. The number of aryl methyl sites for hydroxylation is 1. The summed E-state index contributed by atoms with van der Waals surface area (Å²) in [7, 11) is 1.92. The normalized spacial score (nSPS) is 13.0. The smallest absolute Gasteiger partial charge is 0.259 e. The second-order valence-corrected chi connectivity index (χ2v) is 7.09. The van der Waals surface area contributed by atoms with Gasteiger partial charge in [-0.15, -0.1) is 0 Å². The number of carbonyl (C=O) groups is 1. The fraction of sp³-hybridized carbons (Fsp3) is 0.300. The monoisotopic (exact) mass is 387 g/mol. The van der Waals surface area contributed by atoms with Gasteiger partial charge in [-0.25, -0.2) is 4.39 Å². The van der Waals surface area contributed by atoms with Crippen LogP contribution in [0.15, 0.2) is 41.0 Å². The third-order valence-corrected chi connectivity index (χ3v) is 5.24. The average molecular weight is 388 g/mol. The molecule has 1 amide bonds. The Morgan fingerprint density at radius 3 is 2.89 bits per heavy atom. The number of amides is 1. The van der Waals surface area contributed by atoms with Crippen molar-refractivity contribution in [1.29, 1.82) is 0 Å². The maximum absolute atomic E-state index is 14.3. The minimum absolute atomic E-state index is 0.0932. The van der Waals surface area contributed by atoms with E-state index in [2.05, 4.69) is 5.10 Å². The number of hydrogen-bond donors (Lipinski definition) is 0. The summed E-state index contributed by atoms with van der Waals surface area (Å²) in [5, 5.41) is 4.68. The molecule has 0 bridgehead atoms. The standard InChI is InChI=1S/C20H19ClFN3O2/c1-24-18-9-2-6-14(18)17(23-24)12-25(11-13-5-4-10-27-13)20(26)19-15(21)7-3-8-16(19)22/h3-5,7-8,10H,2,6,9,11-12H2,1H3. The minimum Gasteiger partial charge on any atom is -0.467 e. The van der Waals surface area contributed by atoms with Gasteiger partial charge in [0, 0.05) is 12.7 Å². The number of carbonyl (C=O) groups excluding carboxylic acids is 1. The van der Waals surface area contributed by atoms with E-state index < -0.39 is 11.7 Å². The predicted molar refractivity (Wildman–Crippen MR) is 98.9 cm³/mol. The second-order valence-electron chi connectivity index (χ2n) is 6.69. The van der Waals surface area contributed by atoms with E-state index in [4.69, 9.17) is 16.0 Å². The van der Waals surface area contributed by atoms with E-state index in [-0.39, 0.29) is 23.7 Å². The van der Waals surface area contributed by atoms with Gasteiger partial charge < -0.3 is 9.32 Å². The van der Waals surface area contributed by atoms with Gasteiger partial charge in [0.25, 0.3) is 5.91 Å². The van der Waals surface area contributed by atoms with Crippen molar-refractivity contribution in [3.8, 4) is 0 Å². The molecule has 2 aromatic heterocycles. The summed E-state index contributed by atoms with van der Waals surface area (Å²) in [6.45, 7) is 0.481. The lowest BCUT2D eigenvalue weighted by Gasteiger charge is -2.22. The van der Waals surface area contributed by atoms with Crippen molar-refractivity contribution in [2.24, 2.45) is 7.05 Å². The van der Waals surface area contributed by atoms with E-state index in [1.807, 2.05) is 11.7 Å². The molecular formula is C20H19ClFN3O2. The Balaban J connectivity index is 1.69. The Kier molecular flexibility index (Phi) is 4.74. The predicted octanol–water partition coefficient (Wildman–Crippen LogP) is 4.14. The fourth-order valence-electron chi connectivity index (χ4n) is 3.66. The van der Waals surface area contributed by atoms with Gasteiger partial charge in [-0.2, -0.15) is 5.10 Å². The molecular weight excluding hydrogens is 369 g/mol. The van der Waals surface area contributed by atoms with Gasteiger partial charge in [0.1, 0.15) is 11.6 Å². The van der Waals surface area contributed by atoms with E-state index in [9.17, 15) is 9.18 Å². The van der Waals surface area contributed by atoms with Crippen molar-refractivity contribution in [2.45, 2.75) is 32.4 Å². The minimum atomic E-state index is -0.636.